The highest BCUT2D eigenvalue weighted by Crippen LogP contribution is 2.68. The summed E-state index contributed by atoms with van der Waals surface area (Å²) in [5.74, 6) is 1.22. The van der Waals surface area contributed by atoms with E-state index in [2.05, 4.69) is 32.3 Å². The van der Waals surface area contributed by atoms with Gasteiger partial charge in [-0.1, -0.05) is 32.9 Å². The average molecular weight is 416 g/mol. The number of carbonyl (C=O) groups excluding carboxylic acids is 1. The molecule has 1 unspecified atom stereocenters. The van der Waals surface area contributed by atoms with Crippen molar-refractivity contribution in [3.8, 4) is 0 Å². The second kappa shape index (κ2) is 8.26. The maximum atomic E-state index is 11.9. The lowest BCUT2D eigenvalue weighted by atomic mass is 9.48. The van der Waals surface area contributed by atoms with Gasteiger partial charge in [-0.05, 0) is 113 Å². The number of likely N-dealkylation sites (tertiary alicyclic amines) is 1. The molecule has 3 heteroatoms. The lowest BCUT2D eigenvalue weighted by Gasteiger charge is -2.57. The lowest BCUT2D eigenvalue weighted by molar-refractivity contribution is -0.167. The first-order chi connectivity index (χ1) is 14.2. The molecule has 0 aromatic rings. The van der Waals surface area contributed by atoms with Crippen LogP contribution in [0.15, 0.2) is 12.2 Å². The van der Waals surface area contributed by atoms with Crippen molar-refractivity contribution >= 4 is 5.97 Å². The standard InChI is InChI=1S/C27H45NO2/c1-20-8-11-25(4,24(18-20)30-22(3)29)23-10-12-26(5)21(2)9-13-27(26,19-23)14-17-28-15-6-7-16-28/h20,23-24H,2,6-19H2,1,3-5H3/t20-,23?,24-,25+,26+,27+/m0/s1. The Bertz CT molecular complexity index is 668. The predicted molar refractivity (Wildman–Crippen MR) is 123 cm³/mol. The van der Waals surface area contributed by atoms with Crippen molar-refractivity contribution in [2.75, 3.05) is 19.6 Å². The Morgan fingerprint density at radius 2 is 1.90 bits per heavy atom. The topological polar surface area (TPSA) is 29.5 Å². The molecule has 170 valence electrons. The highest BCUT2D eigenvalue weighted by atomic mass is 16.5. The van der Waals surface area contributed by atoms with Gasteiger partial charge >= 0.3 is 5.97 Å². The van der Waals surface area contributed by atoms with E-state index < -0.39 is 0 Å². The van der Waals surface area contributed by atoms with Gasteiger partial charge in [0.05, 0.1) is 0 Å². The van der Waals surface area contributed by atoms with Gasteiger partial charge in [0.25, 0.3) is 0 Å². The van der Waals surface area contributed by atoms with Crippen molar-refractivity contribution < 1.29 is 9.53 Å². The first-order valence-corrected chi connectivity index (χ1v) is 12.8. The van der Waals surface area contributed by atoms with Gasteiger partial charge < -0.3 is 9.64 Å². The maximum absolute atomic E-state index is 11.9. The first-order valence-electron chi connectivity index (χ1n) is 12.8. The minimum absolute atomic E-state index is 0.0911. The number of hydrogen-bond donors (Lipinski definition) is 0. The van der Waals surface area contributed by atoms with Crippen molar-refractivity contribution in [1.82, 2.24) is 4.90 Å². The van der Waals surface area contributed by atoms with Crippen LogP contribution in [0.3, 0.4) is 0 Å². The first kappa shape index (κ1) is 22.4. The third-order valence-corrected chi connectivity index (χ3v) is 10.4. The Balaban J connectivity index is 1.57. The molecule has 0 amide bonds. The van der Waals surface area contributed by atoms with Crippen molar-refractivity contribution in [3.63, 3.8) is 0 Å². The highest BCUT2D eigenvalue weighted by molar-refractivity contribution is 5.66. The van der Waals surface area contributed by atoms with Gasteiger partial charge in [0.1, 0.15) is 6.10 Å². The number of allylic oxidation sites excluding steroid dienone is 1. The summed E-state index contributed by atoms with van der Waals surface area (Å²) in [4.78, 5) is 14.6. The Hall–Kier alpha value is -0.830. The molecule has 0 bridgehead atoms. The van der Waals surface area contributed by atoms with E-state index in [-0.39, 0.29) is 17.5 Å². The van der Waals surface area contributed by atoms with E-state index in [1.54, 1.807) is 6.92 Å². The summed E-state index contributed by atoms with van der Waals surface area (Å²) >= 11 is 0. The molecular weight excluding hydrogens is 370 g/mol. The zero-order valence-corrected chi connectivity index (χ0v) is 20.1. The van der Waals surface area contributed by atoms with E-state index in [9.17, 15) is 4.79 Å². The minimum Gasteiger partial charge on any atom is -0.462 e. The Morgan fingerprint density at radius 3 is 2.60 bits per heavy atom. The summed E-state index contributed by atoms with van der Waals surface area (Å²) in [5.41, 5.74) is 2.34. The molecule has 0 aromatic heterocycles. The molecule has 4 rings (SSSR count). The summed E-state index contributed by atoms with van der Waals surface area (Å²) in [6, 6.07) is 0. The van der Waals surface area contributed by atoms with Gasteiger partial charge in [-0.2, -0.15) is 0 Å². The van der Waals surface area contributed by atoms with Crippen molar-refractivity contribution in [2.24, 2.45) is 28.1 Å². The molecule has 0 spiro atoms. The van der Waals surface area contributed by atoms with E-state index in [1.165, 1.54) is 89.4 Å². The van der Waals surface area contributed by atoms with E-state index in [0.717, 1.165) is 6.42 Å². The number of carbonyl (C=O) groups is 1. The Morgan fingerprint density at radius 1 is 1.17 bits per heavy atom. The summed E-state index contributed by atoms with van der Waals surface area (Å²) < 4.78 is 6.00. The van der Waals surface area contributed by atoms with Crippen LogP contribution in [0.25, 0.3) is 0 Å². The second-order valence-corrected chi connectivity index (χ2v) is 11.9. The second-order valence-electron chi connectivity index (χ2n) is 11.9. The van der Waals surface area contributed by atoms with Crippen LogP contribution in [0.4, 0.5) is 0 Å². The fraction of sp³-hybridized carbons (Fsp3) is 0.889. The molecule has 30 heavy (non-hydrogen) atoms. The van der Waals surface area contributed by atoms with Crippen LogP contribution in [0.2, 0.25) is 0 Å². The molecule has 3 nitrogen and oxygen atoms in total. The summed E-state index contributed by atoms with van der Waals surface area (Å²) in [6.45, 7) is 17.3. The molecule has 6 atom stereocenters. The lowest BCUT2D eigenvalue weighted by Crippen LogP contribution is -2.52. The number of fused-ring (bicyclic) bond motifs is 1. The van der Waals surface area contributed by atoms with Crippen molar-refractivity contribution in [3.05, 3.63) is 12.2 Å². The van der Waals surface area contributed by atoms with Crippen LogP contribution < -0.4 is 0 Å². The monoisotopic (exact) mass is 415 g/mol. The zero-order valence-electron chi connectivity index (χ0n) is 20.1. The van der Waals surface area contributed by atoms with E-state index in [0.29, 0.717) is 22.7 Å². The van der Waals surface area contributed by atoms with Crippen LogP contribution in [0, 0.1) is 28.1 Å². The van der Waals surface area contributed by atoms with Crippen LogP contribution in [-0.4, -0.2) is 36.6 Å². The molecular formula is C27H45NO2. The summed E-state index contributed by atoms with van der Waals surface area (Å²) in [6.07, 6.45) is 14.1. The third-order valence-electron chi connectivity index (χ3n) is 10.4. The third kappa shape index (κ3) is 3.78. The molecule has 1 aliphatic heterocycles. The van der Waals surface area contributed by atoms with Crippen LogP contribution in [0.1, 0.15) is 98.3 Å². The molecule has 0 N–H and O–H groups in total. The number of rotatable bonds is 5. The van der Waals surface area contributed by atoms with Gasteiger partial charge in [-0.25, -0.2) is 0 Å². The summed E-state index contributed by atoms with van der Waals surface area (Å²) in [5, 5.41) is 0. The molecule has 1 heterocycles. The van der Waals surface area contributed by atoms with Gasteiger partial charge in [-0.15, -0.1) is 0 Å². The number of nitrogens with zero attached hydrogens (tertiary/aromatic N) is 1. The van der Waals surface area contributed by atoms with Crippen LogP contribution >= 0.6 is 0 Å². The van der Waals surface area contributed by atoms with Gasteiger partial charge in [0, 0.05) is 12.3 Å². The smallest absolute Gasteiger partial charge is 0.302 e. The average Bonchev–Trinajstić information content (AvgIpc) is 3.30. The SMILES string of the molecule is C=C1CC[C@@]2(CCN3CCCC3)CC([C@@]3(C)CC[C@H](C)C[C@@H]3OC(C)=O)CC[C@]12C. The Kier molecular flexibility index (Phi) is 6.16. The number of hydrogen-bond acceptors (Lipinski definition) is 3. The zero-order chi connectivity index (χ0) is 21.6. The highest BCUT2D eigenvalue weighted by Gasteiger charge is 2.59. The van der Waals surface area contributed by atoms with Crippen molar-refractivity contribution in [1.29, 1.82) is 0 Å². The quantitative estimate of drug-likeness (QED) is 0.386. The van der Waals surface area contributed by atoms with Gasteiger partial charge in [0.2, 0.25) is 0 Å². The number of ether oxygens (including phenoxy) is 1. The maximum Gasteiger partial charge on any atom is 0.302 e. The molecule has 0 radical (unpaired) electrons. The largest absolute Gasteiger partial charge is 0.462 e. The molecule has 4 aliphatic rings. The van der Waals surface area contributed by atoms with Gasteiger partial charge in [0.15, 0.2) is 0 Å². The van der Waals surface area contributed by atoms with E-state index in [4.69, 9.17) is 4.74 Å². The molecule has 1 saturated heterocycles. The fourth-order valence-electron chi connectivity index (χ4n) is 7.89. The van der Waals surface area contributed by atoms with Crippen molar-refractivity contribution in [2.45, 2.75) is 104 Å². The number of esters is 1. The normalized spacial score (nSPS) is 44.8. The predicted octanol–water partition coefficient (Wildman–Crippen LogP) is 6.37. The van der Waals surface area contributed by atoms with E-state index in [1.807, 2.05) is 0 Å². The molecule has 3 saturated carbocycles. The summed E-state index contributed by atoms with van der Waals surface area (Å²) in [7, 11) is 0. The molecule has 3 aliphatic carbocycles. The fourth-order valence-corrected chi connectivity index (χ4v) is 7.89. The van der Waals surface area contributed by atoms with E-state index >= 15 is 0 Å². The molecule has 0 aromatic carbocycles. The minimum atomic E-state index is -0.0982. The van der Waals surface area contributed by atoms with Crippen LogP contribution in [-0.2, 0) is 9.53 Å². The molecule has 4 fully saturated rings. The van der Waals surface area contributed by atoms with Gasteiger partial charge in [-0.3, -0.25) is 4.79 Å². The van der Waals surface area contributed by atoms with Crippen LogP contribution in [0.5, 0.6) is 0 Å². The Labute approximate surface area is 185 Å².